The number of aromatic nitrogens is 1. The quantitative estimate of drug-likeness (QED) is 0.650. The van der Waals surface area contributed by atoms with Crippen LogP contribution in [0.3, 0.4) is 0 Å². The molecule has 1 aromatic heterocycles. The number of carbonyl (C=O) groups excluding carboxylic acids is 1. The molecule has 0 radical (unpaired) electrons. The average Bonchev–Trinajstić information content (AvgIpc) is 2.55. The third-order valence-electron chi connectivity index (χ3n) is 3.58. The van der Waals surface area contributed by atoms with E-state index in [9.17, 15) is 15.0 Å². The van der Waals surface area contributed by atoms with Crippen LogP contribution in [0.5, 0.6) is 11.5 Å². The van der Waals surface area contributed by atoms with E-state index in [4.69, 9.17) is 0 Å². The van der Waals surface area contributed by atoms with Crippen molar-refractivity contribution in [1.82, 2.24) is 10.3 Å². The predicted octanol–water partition coefficient (Wildman–Crippen LogP) is 2.88. The summed E-state index contributed by atoms with van der Waals surface area (Å²) < 4.78 is 0. The Hall–Kier alpha value is -3.08. The number of phenols is 2. The van der Waals surface area contributed by atoms with Gasteiger partial charge in [0.25, 0.3) is 5.91 Å². The average molecular weight is 308 g/mol. The van der Waals surface area contributed by atoms with E-state index in [0.717, 1.165) is 16.6 Å². The van der Waals surface area contributed by atoms with Crippen LogP contribution in [0.1, 0.15) is 21.6 Å². The Kier molecular flexibility index (Phi) is 3.85. The minimum atomic E-state index is -0.208. The van der Waals surface area contributed by atoms with Gasteiger partial charge in [0.2, 0.25) is 0 Å². The maximum atomic E-state index is 12.2. The molecule has 0 atom stereocenters. The van der Waals surface area contributed by atoms with Crippen LogP contribution in [0.2, 0.25) is 0 Å². The summed E-state index contributed by atoms with van der Waals surface area (Å²) >= 11 is 0. The number of benzene rings is 2. The highest BCUT2D eigenvalue weighted by Gasteiger charge is 2.08. The third kappa shape index (κ3) is 3.23. The lowest BCUT2D eigenvalue weighted by atomic mass is 10.1. The number of rotatable bonds is 3. The van der Waals surface area contributed by atoms with Gasteiger partial charge in [-0.2, -0.15) is 0 Å². The summed E-state index contributed by atoms with van der Waals surface area (Å²) in [6.07, 6.45) is 0. The molecule has 0 aliphatic carbocycles. The fraction of sp³-hybridized carbons (Fsp3) is 0.111. The Labute approximate surface area is 133 Å². The lowest BCUT2D eigenvalue weighted by Gasteiger charge is -2.07. The molecule has 0 spiro atoms. The van der Waals surface area contributed by atoms with E-state index in [0.29, 0.717) is 11.1 Å². The van der Waals surface area contributed by atoms with Gasteiger partial charge in [0.15, 0.2) is 11.5 Å². The van der Waals surface area contributed by atoms with Crippen molar-refractivity contribution in [2.75, 3.05) is 0 Å². The molecule has 3 N–H and O–H groups in total. The molecule has 0 bridgehead atoms. The van der Waals surface area contributed by atoms with E-state index in [1.165, 1.54) is 12.1 Å². The van der Waals surface area contributed by atoms with Gasteiger partial charge in [-0.05, 0) is 48.9 Å². The number of aromatic hydroxyl groups is 2. The van der Waals surface area contributed by atoms with Crippen molar-refractivity contribution in [3.63, 3.8) is 0 Å². The Morgan fingerprint density at radius 2 is 1.87 bits per heavy atom. The molecular weight excluding hydrogens is 292 g/mol. The van der Waals surface area contributed by atoms with Crippen LogP contribution in [0.4, 0.5) is 0 Å². The number of fused-ring (bicyclic) bond motifs is 1. The molecule has 1 heterocycles. The number of nitrogens with one attached hydrogen (secondary N) is 1. The Bertz CT molecular complexity index is 891. The number of hydrogen-bond acceptors (Lipinski definition) is 4. The van der Waals surface area contributed by atoms with Gasteiger partial charge in [-0.15, -0.1) is 0 Å². The van der Waals surface area contributed by atoms with Crippen LogP contribution < -0.4 is 5.32 Å². The van der Waals surface area contributed by atoms with Gasteiger partial charge < -0.3 is 15.5 Å². The fourth-order valence-electron chi connectivity index (χ4n) is 2.33. The number of amides is 1. The van der Waals surface area contributed by atoms with E-state index < -0.39 is 0 Å². The SMILES string of the molecule is Cc1ccc2cc(C(=O)NCc3ccc(O)c(O)c3)ccc2n1. The van der Waals surface area contributed by atoms with Gasteiger partial charge in [-0.1, -0.05) is 12.1 Å². The van der Waals surface area contributed by atoms with Crippen LogP contribution in [-0.4, -0.2) is 21.1 Å². The first-order chi connectivity index (χ1) is 11.0. The van der Waals surface area contributed by atoms with Crippen molar-refractivity contribution in [2.45, 2.75) is 13.5 Å². The topological polar surface area (TPSA) is 82.5 Å². The largest absolute Gasteiger partial charge is 0.504 e. The maximum absolute atomic E-state index is 12.2. The van der Waals surface area contributed by atoms with E-state index >= 15 is 0 Å². The molecule has 2 aromatic carbocycles. The summed E-state index contributed by atoms with van der Waals surface area (Å²) in [5.41, 5.74) is 3.03. The summed E-state index contributed by atoms with van der Waals surface area (Å²) in [7, 11) is 0. The summed E-state index contributed by atoms with van der Waals surface area (Å²) in [5.74, 6) is -0.596. The Morgan fingerprint density at radius 1 is 1.04 bits per heavy atom. The molecule has 5 nitrogen and oxygen atoms in total. The number of nitrogens with zero attached hydrogens (tertiary/aromatic N) is 1. The molecule has 1 amide bonds. The summed E-state index contributed by atoms with van der Waals surface area (Å²) in [5, 5.41) is 22.4. The van der Waals surface area contributed by atoms with Gasteiger partial charge in [-0.25, -0.2) is 0 Å². The standard InChI is InChI=1S/C18H16N2O3/c1-11-2-4-13-9-14(5-6-15(13)20-11)18(23)19-10-12-3-7-16(21)17(22)8-12/h2-9,21-22H,10H2,1H3,(H,19,23). The van der Waals surface area contributed by atoms with E-state index in [1.807, 2.05) is 25.1 Å². The van der Waals surface area contributed by atoms with Gasteiger partial charge in [0, 0.05) is 23.2 Å². The fourth-order valence-corrected chi connectivity index (χ4v) is 2.33. The minimum Gasteiger partial charge on any atom is -0.504 e. The smallest absolute Gasteiger partial charge is 0.251 e. The molecule has 0 aliphatic rings. The number of phenolic OH excluding ortho intramolecular Hbond substituents is 2. The predicted molar refractivity (Wildman–Crippen MR) is 87.4 cm³/mol. The molecule has 5 heteroatoms. The van der Waals surface area contributed by atoms with E-state index in [1.54, 1.807) is 18.2 Å². The van der Waals surface area contributed by atoms with Crippen molar-refractivity contribution < 1.29 is 15.0 Å². The molecule has 116 valence electrons. The maximum Gasteiger partial charge on any atom is 0.251 e. The van der Waals surface area contributed by atoms with Crippen molar-refractivity contribution in [1.29, 1.82) is 0 Å². The number of aryl methyl sites for hydroxylation is 1. The van der Waals surface area contributed by atoms with Gasteiger partial charge in [-0.3, -0.25) is 9.78 Å². The van der Waals surface area contributed by atoms with Crippen LogP contribution in [0, 0.1) is 6.92 Å². The van der Waals surface area contributed by atoms with E-state index in [2.05, 4.69) is 10.3 Å². The van der Waals surface area contributed by atoms with Crippen molar-refractivity contribution in [3.05, 3.63) is 65.4 Å². The molecule has 23 heavy (non-hydrogen) atoms. The molecule has 3 aromatic rings. The van der Waals surface area contributed by atoms with Crippen LogP contribution in [0.25, 0.3) is 10.9 Å². The molecule has 3 rings (SSSR count). The van der Waals surface area contributed by atoms with Gasteiger partial charge in [0.05, 0.1) is 5.52 Å². The van der Waals surface area contributed by atoms with Crippen LogP contribution in [-0.2, 0) is 6.54 Å². The molecular formula is C18H16N2O3. The molecule has 0 fully saturated rings. The highest BCUT2D eigenvalue weighted by atomic mass is 16.3. The zero-order valence-electron chi connectivity index (χ0n) is 12.6. The Morgan fingerprint density at radius 3 is 2.65 bits per heavy atom. The van der Waals surface area contributed by atoms with Crippen LogP contribution in [0.15, 0.2) is 48.5 Å². The van der Waals surface area contributed by atoms with Crippen molar-refractivity contribution >= 4 is 16.8 Å². The van der Waals surface area contributed by atoms with Crippen molar-refractivity contribution in [3.8, 4) is 11.5 Å². The minimum absolute atomic E-state index is 0.183. The first kappa shape index (κ1) is 14.8. The first-order valence-electron chi connectivity index (χ1n) is 7.19. The van der Waals surface area contributed by atoms with Gasteiger partial charge >= 0.3 is 0 Å². The second-order valence-electron chi connectivity index (χ2n) is 5.37. The summed E-state index contributed by atoms with van der Waals surface area (Å²) in [4.78, 5) is 16.6. The zero-order valence-corrected chi connectivity index (χ0v) is 12.6. The summed E-state index contributed by atoms with van der Waals surface area (Å²) in [6.45, 7) is 2.18. The van der Waals surface area contributed by atoms with Gasteiger partial charge in [0.1, 0.15) is 0 Å². The first-order valence-corrected chi connectivity index (χ1v) is 7.19. The Balaban J connectivity index is 1.75. The zero-order chi connectivity index (χ0) is 16.4. The number of pyridine rings is 1. The van der Waals surface area contributed by atoms with Crippen LogP contribution >= 0.6 is 0 Å². The third-order valence-corrected chi connectivity index (χ3v) is 3.58. The van der Waals surface area contributed by atoms with Crippen molar-refractivity contribution in [2.24, 2.45) is 0 Å². The number of carbonyl (C=O) groups is 1. The number of hydrogen-bond donors (Lipinski definition) is 3. The molecule has 0 aliphatic heterocycles. The highest BCUT2D eigenvalue weighted by molar-refractivity contribution is 5.97. The summed E-state index contributed by atoms with van der Waals surface area (Å²) in [6, 6.07) is 13.6. The highest BCUT2D eigenvalue weighted by Crippen LogP contribution is 2.24. The monoisotopic (exact) mass is 308 g/mol. The second kappa shape index (κ2) is 5.96. The molecule has 0 unspecified atom stereocenters. The molecule has 0 saturated carbocycles. The lowest BCUT2D eigenvalue weighted by molar-refractivity contribution is 0.0951. The normalized spacial score (nSPS) is 10.7. The molecule has 0 saturated heterocycles. The lowest BCUT2D eigenvalue weighted by Crippen LogP contribution is -2.22. The second-order valence-corrected chi connectivity index (χ2v) is 5.37. The van der Waals surface area contributed by atoms with E-state index in [-0.39, 0.29) is 24.0 Å².